The molecule has 0 saturated carbocycles. The molecule has 0 aliphatic rings. The Balaban J connectivity index is 3.51. The maximum atomic E-state index is 12.5. The summed E-state index contributed by atoms with van der Waals surface area (Å²) in [4.78, 5) is 31.9. The van der Waals surface area contributed by atoms with Crippen molar-refractivity contribution in [2.75, 3.05) is 10.2 Å². The first-order valence-electron chi connectivity index (χ1n) is 6.06. The lowest BCUT2D eigenvalue weighted by molar-refractivity contribution is -0.181. The number of nitrogens with one attached hydrogen (secondary N) is 1. The molecule has 0 bridgehead atoms. The van der Waals surface area contributed by atoms with E-state index in [1.807, 2.05) is 0 Å². The Kier molecular flexibility index (Phi) is 5.59. The molecule has 0 spiro atoms. The minimum atomic E-state index is -5.97. The van der Waals surface area contributed by atoms with Gasteiger partial charge in [-0.3, -0.25) is 14.4 Å². The van der Waals surface area contributed by atoms with Crippen LogP contribution in [0.3, 0.4) is 0 Å². The smallest absolute Gasteiger partial charge is 0.316 e. The maximum Gasteiger partial charge on any atom is 0.472 e. The van der Waals surface area contributed by atoms with Crippen LogP contribution in [0, 0.1) is 0 Å². The van der Waals surface area contributed by atoms with Crippen LogP contribution in [0.4, 0.5) is 50.9 Å². The van der Waals surface area contributed by atoms with Crippen LogP contribution >= 0.6 is 0 Å². The van der Waals surface area contributed by atoms with Gasteiger partial charge in [0.1, 0.15) is 0 Å². The molecule has 1 aromatic rings. The van der Waals surface area contributed by atoms with E-state index in [2.05, 4.69) is 0 Å². The van der Waals surface area contributed by atoms with Gasteiger partial charge in [0.2, 0.25) is 0 Å². The SMILES string of the molecule is O=C(Nc1ccccc1N(C(=O)C(F)(F)F)C(=O)C(F)(F)F)C(F)(F)F. The lowest BCUT2D eigenvalue weighted by atomic mass is 10.2. The molecule has 0 aliphatic heterocycles. The number of para-hydroxylation sites is 2. The Morgan fingerprint density at radius 1 is 0.731 bits per heavy atom. The quantitative estimate of drug-likeness (QED) is 0.782. The number of halogens is 9. The van der Waals surface area contributed by atoms with Gasteiger partial charge in [-0.05, 0) is 12.1 Å². The molecule has 0 atom stereocenters. The number of amides is 3. The van der Waals surface area contributed by atoms with Crippen LogP contribution in [0.5, 0.6) is 0 Å². The third kappa shape index (κ3) is 4.86. The highest BCUT2D eigenvalue weighted by Gasteiger charge is 2.53. The van der Waals surface area contributed by atoms with Gasteiger partial charge in [0.25, 0.3) is 0 Å². The number of rotatable bonds is 2. The van der Waals surface area contributed by atoms with Crippen molar-refractivity contribution in [1.82, 2.24) is 0 Å². The summed E-state index contributed by atoms with van der Waals surface area (Å²) in [5.41, 5.74) is -2.82. The zero-order chi connectivity index (χ0) is 20.5. The number of imide groups is 1. The van der Waals surface area contributed by atoms with E-state index in [0.29, 0.717) is 12.1 Å². The molecule has 26 heavy (non-hydrogen) atoms. The highest BCUT2D eigenvalue weighted by molar-refractivity contribution is 6.20. The minimum absolute atomic E-state index is 0.319. The molecular weight excluding hydrogens is 391 g/mol. The van der Waals surface area contributed by atoms with E-state index in [4.69, 9.17) is 0 Å². The molecule has 5 nitrogen and oxygen atoms in total. The van der Waals surface area contributed by atoms with Crippen LogP contribution in [0.15, 0.2) is 24.3 Å². The van der Waals surface area contributed by atoms with Crippen LogP contribution in [0.2, 0.25) is 0 Å². The van der Waals surface area contributed by atoms with E-state index < -0.39 is 52.5 Å². The zero-order valence-electron chi connectivity index (χ0n) is 11.9. The van der Waals surface area contributed by atoms with Crippen molar-refractivity contribution in [2.45, 2.75) is 18.5 Å². The molecule has 0 unspecified atom stereocenters. The van der Waals surface area contributed by atoms with Crippen LogP contribution in [-0.4, -0.2) is 36.3 Å². The van der Waals surface area contributed by atoms with E-state index in [0.717, 1.165) is 17.4 Å². The molecule has 144 valence electrons. The molecule has 0 aliphatic carbocycles. The van der Waals surface area contributed by atoms with Crippen molar-refractivity contribution in [3.63, 3.8) is 0 Å². The number of hydrogen-bond donors (Lipinski definition) is 1. The Bertz CT molecular complexity index is 696. The first-order chi connectivity index (χ1) is 11.6. The summed E-state index contributed by atoms with van der Waals surface area (Å²) in [6.07, 6.45) is -17.5. The Hall–Kier alpha value is -2.80. The fourth-order valence-electron chi connectivity index (χ4n) is 1.53. The summed E-state index contributed by atoms with van der Waals surface area (Å²) >= 11 is 0. The van der Waals surface area contributed by atoms with Gasteiger partial charge < -0.3 is 5.32 Å². The van der Waals surface area contributed by atoms with Gasteiger partial charge in [-0.25, -0.2) is 4.90 Å². The number of hydrogen-bond acceptors (Lipinski definition) is 3. The van der Waals surface area contributed by atoms with Crippen molar-refractivity contribution in [1.29, 1.82) is 0 Å². The van der Waals surface area contributed by atoms with Gasteiger partial charge in [0.15, 0.2) is 0 Å². The van der Waals surface area contributed by atoms with Crippen molar-refractivity contribution in [3.8, 4) is 0 Å². The highest BCUT2D eigenvalue weighted by atomic mass is 19.4. The lowest BCUT2D eigenvalue weighted by Crippen LogP contribution is -2.50. The summed E-state index contributed by atoms with van der Waals surface area (Å²) in [6, 6.07) is 2.36. The van der Waals surface area contributed by atoms with Gasteiger partial charge in [0.05, 0.1) is 11.4 Å². The predicted octanol–water partition coefficient (Wildman–Crippen LogP) is 3.17. The standard InChI is InChI=1S/C12H5F9N2O3/c13-10(14,15)7(24)22-5-3-1-2-4-6(5)23(8(25)11(16,17)18)9(26)12(19,20)21/h1-4H,(H,22,24). The number of alkyl halides is 9. The van der Waals surface area contributed by atoms with Gasteiger partial charge in [0, 0.05) is 0 Å². The first-order valence-corrected chi connectivity index (χ1v) is 6.06. The summed E-state index contributed by atoms with van der Waals surface area (Å²) < 4.78 is 112. The summed E-state index contributed by atoms with van der Waals surface area (Å²) in [7, 11) is 0. The van der Waals surface area contributed by atoms with E-state index >= 15 is 0 Å². The molecule has 0 radical (unpaired) electrons. The Morgan fingerprint density at radius 3 is 1.54 bits per heavy atom. The third-order valence-corrected chi connectivity index (χ3v) is 2.54. The van der Waals surface area contributed by atoms with Crippen molar-refractivity contribution >= 4 is 29.1 Å². The molecule has 1 aromatic carbocycles. The van der Waals surface area contributed by atoms with Crippen LogP contribution in [0.1, 0.15) is 0 Å². The minimum Gasteiger partial charge on any atom is -0.316 e. The van der Waals surface area contributed by atoms with E-state index in [9.17, 15) is 53.9 Å². The number of carbonyl (C=O) groups is 3. The highest BCUT2D eigenvalue weighted by Crippen LogP contribution is 2.34. The average molecular weight is 396 g/mol. The summed E-state index contributed by atoms with van der Waals surface area (Å²) in [5, 5.41) is 0.999. The average Bonchev–Trinajstić information content (AvgIpc) is 2.46. The zero-order valence-corrected chi connectivity index (χ0v) is 11.9. The Morgan fingerprint density at radius 2 is 1.15 bits per heavy atom. The molecule has 0 aromatic heterocycles. The van der Waals surface area contributed by atoms with E-state index in [-0.39, 0.29) is 0 Å². The normalized spacial score (nSPS) is 12.5. The lowest BCUT2D eigenvalue weighted by Gasteiger charge is -2.25. The third-order valence-electron chi connectivity index (χ3n) is 2.54. The molecular formula is C12H5F9N2O3. The van der Waals surface area contributed by atoms with Gasteiger partial charge >= 0.3 is 36.3 Å². The molecule has 0 heterocycles. The molecule has 3 amide bonds. The van der Waals surface area contributed by atoms with Crippen molar-refractivity contribution in [2.24, 2.45) is 0 Å². The summed E-state index contributed by atoms with van der Waals surface area (Å²) in [5.74, 6) is -9.37. The molecule has 0 fully saturated rings. The predicted molar refractivity (Wildman–Crippen MR) is 65.7 cm³/mol. The van der Waals surface area contributed by atoms with E-state index in [1.165, 1.54) is 0 Å². The molecule has 14 heteroatoms. The fourth-order valence-corrected chi connectivity index (χ4v) is 1.53. The second-order valence-electron chi connectivity index (χ2n) is 4.41. The second-order valence-corrected chi connectivity index (χ2v) is 4.41. The fraction of sp³-hybridized carbons (Fsp3) is 0.250. The number of benzene rings is 1. The number of carbonyl (C=O) groups excluding carboxylic acids is 3. The monoisotopic (exact) mass is 396 g/mol. The van der Waals surface area contributed by atoms with Gasteiger partial charge in [-0.2, -0.15) is 39.5 Å². The molecule has 1 N–H and O–H groups in total. The van der Waals surface area contributed by atoms with Gasteiger partial charge in [-0.15, -0.1) is 0 Å². The van der Waals surface area contributed by atoms with Crippen LogP contribution in [-0.2, 0) is 14.4 Å². The second kappa shape index (κ2) is 6.84. The number of nitrogens with zero attached hydrogens (tertiary/aromatic N) is 1. The Labute approximate surface area is 137 Å². The summed E-state index contributed by atoms with van der Waals surface area (Å²) in [6.45, 7) is 0. The maximum absolute atomic E-state index is 12.5. The largest absolute Gasteiger partial charge is 0.472 e. The van der Waals surface area contributed by atoms with Gasteiger partial charge in [-0.1, -0.05) is 12.1 Å². The first kappa shape index (κ1) is 21.2. The van der Waals surface area contributed by atoms with E-state index in [1.54, 1.807) is 0 Å². The van der Waals surface area contributed by atoms with Crippen molar-refractivity contribution < 1.29 is 53.9 Å². The van der Waals surface area contributed by atoms with Crippen LogP contribution < -0.4 is 10.2 Å². The molecule has 0 saturated heterocycles. The van der Waals surface area contributed by atoms with Crippen molar-refractivity contribution in [3.05, 3.63) is 24.3 Å². The van der Waals surface area contributed by atoms with Crippen LogP contribution in [0.25, 0.3) is 0 Å². The topological polar surface area (TPSA) is 66.5 Å². The number of anilines is 2. The molecule has 1 rings (SSSR count).